The third-order valence-electron chi connectivity index (χ3n) is 5.49. The van der Waals surface area contributed by atoms with Crippen LogP contribution in [0.3, 0.4) is 0 Å². The number of nitrogens with zero attached hydrogens (tertiary/aromatic N) is 4. The molecule has 1 fully saturated rings. The Labute approximate surface area is 160 Å². The van der Waals surface area contributed by atoms with Crippen molar-refractivity contribution in [1.29, 1.82) is 0 Å². The molecule has 27 heavy (non-hydrogen) atoms. The largest absolute Gasteiger partial charge is 0.338 e. The standard InChI is InChI=1S/C22H26N4O/c1-4-16-5-7-17(8-6-16)22(27)25-12-10-18(14-25)21-24-19-9-11-23-13-20(19)26(21)15(2)3/h5-9,11,13,15,18H,4,10,12,14H2,1-3H3. The Morgan fingerprint density at radius 2 is 2.00 bits per heavy atom. The second-order valence-corrected chi connectivity index (χ2v) is 7.59. The molecule has 1 unspecified atom stereocenters. The van der Waals surface area contributed by atoms with E-state index in [0.717, 1.165) is 48.4 Å². The Bertz CT molecular complexity index is 958. The van der Waals surface area contributed by atoms with Crippen molar-refractivity contribution in [3.05, 3.63) is 59.7 Å². The van der Waals surface area contributed by atoms with Gasteiger partial charge in [-0.2, -0.15) is 0 Å². The van der Waals surface area contributed by atoms with Crippen LogP contribution in [0.15, 0.2) is 42.7 Å². The molecule has 1 atom stereocenters. The molecule has 5 heteroatoms. The molecule has 0 bridgehead atoms. The number of benzene rings is 1. The number of fused-ring (bicyclic) bond motifs is 1. The number of likely N-dealkylation sites (tertiary alicyclic amines) is 1. The van der Waals surface area contributed by atoms with Crippen molar-refractivity contribution >= 4 is 16.9 Å². The summed E-state index contributed by atoms with van der Waals surface area (Å²) in [5.41, 5.74) is 4.08. The van der Waals surface area contributed by atoms with Crippen LogP contribution in [-0.4, -0.2) is 38.4 Å². The first-order valence-electron chi connectivity index (χ1n) is 9.78. The highest BCUT2D eigenvalue weighted by molar-refractivity contribution is 5.94. The summed E-state index contributed by atoms with van der Waals surface area (Å²) in [6.07, 6.45) is 5.61. The van der Waals surface area contributed by atoms with Crippen LogP contribution in [0, 0.1) is 0 Å². The fraction of sp³-hybridized carbons (Fsp3) is 0.409. The normalized spacial score (nSPS) is 17.2. The van der Waals surface area contributed by atoms with E-state index in [1.54, 1.807) is 6.20 Å². The number of amides is 1. The Balaban J connectivity index is 1.58. The Morgan fingerprint density at radius 1 is 1.22 bits per heavy atom. The zero-order valence-corrected chi connectivity index (χ0v) is 16.2. The highest BCUT2D eigenvalue weighted by Crippen LogP contribution is 2.32. The van der Waals surface area contributed by atoms with Crippen molar-refractivity contribution in [3.63, 3.8) is 0 Å². The number of hydrogen-bond acceptors (Lipinski definition) is 3. The van der Waals surface area contributed by atoms with E-state index >= 15 is 0 Å². The van der Waals surface area contributed by atoms with Gasteiger partial charge in [-0.3, -0.25) is 9.78 Å². The molecule has 1 aliphatic rings. The predicted octanol–water partition coefficient (Wildman–Crippen LogP) is 4.20. The SMILES string of the molecule is CCc1ccc(C(=O)N2CCC(c3nc4ccncc4n3C(C)C)C2)cc1. The van der Waals surface area contributed by atoms with Crippen LogP contribution in [0.2, 0.25) is 0 Å². The van der Waals surface area contributed by atoms with E-state index in [4.69, 9.17) is 4.98 Å². The van der Waals surface area contributed by atoms with Gasteiger partial charge in [0.05, 0.1) is 17.2 Å². The fourth-order valence-electron chi connectivity index (χ4n) is 4.01. The molecular formula is C22H26N4O. The van der Waals surface area contributed by atoms with Gasteiger partial charge in [0.1, 0.15) is 5.82 Å². The van der Waals surface area contributed by atoms with Gasteiger partial charge in [0.25, 0.3) is 5.91 Å². The van der Waals surface area contributed by atoms with Crippen LogP contribution in [0.1, 0.15) is 60.9 Å². The van der Waals surface area contributed by atoms with Crippen LogP contribution in [0.25, 0.3) is 11.0 Å². The van der Waals surface area contributed by atoms with Crippen molar-refractivity contribution in [2.45, 2.75) is 45.6 Å². The summed E-state index contributed by atoms with van der Waals surface area (Å²) < 4.78 is 2.27. The van der Waals surface area contributed by atoms with E-state index in [1.165, 1.54) is 5.56 Å². The summed E-state index contributed by atoms with van der Waals surface area (Å²) in [7, 11) is 0. The average Bonchev–Trinajstić information content (AvgIpc) is 3.32. The average molecular weight is 362 g/mol. The summed E-state index contributed by atoms with van der Waals surface area (Å²) >= 11 is 0. The summed E-state index contributed by atoms with van der Waals surface area (Å²) in [5.74, 6) is 1.46. The molecule has 1 aromatic carbocycles. The van der Waals surface area contributed by atoms with Crippen molar-refractivity contribution < 1.29 is 4.79 Å². The summed E-state index contributed by atoms with van der Waals surface area (Å²) in [6.45, 7) is 7.96. The lowest BCUT2D eigenvalue weighted by molar-refractivity contribution is 0.0790. The minimum atomic E-state index is 0.119. The summed E-state index contributed by atoms with van der Waals surface area (Å²) in [6, 6.07) is 10.3. The molecule has 140 valence electrons. The summed E-state index contributed by atoms with van der Waals surface area (Å²) in [4.78, 5) is 24.0. The molecule has 3 aromatic rings. The van der Waals surface area contributed by atoms with Gasteiger partial charge < -0.3 is 9.47 Å². The first kappa shape index (κ1) is 17.7. The number of hydrogen-bond donors (Lipinski definition) is 0. The van der Waals surface area contributed by atoms with Gasteiger partial charge in [0.15, 0.2) is 0 Å². The van der Waals surface area contributed by atoms with E-state index in [9.17, 15) is 4.79 Å². The number of aromatic nitrogens is 3. The molecule has 4 rings (SSSR count). The van der Waals surface area contributed by atoms with Crippen LogP contribution >= 0.6 is 0 Å². The highest BCUT2D eigenvalue weighted by Gasteiger charge is 2.31. The topological polar surface area (TPSA) is 51.0 Å². The van der Waals surface area contributed by atoms with Crippen LogP contribution < -0.4 is 0 Å². The minimum absolute atomic E-state index is 0.119. The quantitative estimate of drug-likeness (QED) is 0.699. The number of carbonyl (C=O) groups is 1. The van der Waals surface area contributed by atoms with Crippen molar-refractivity contribution in [2.24, 2.45) is 0 Å². The van der Waals surface area contributed by atoms with Gasteiger partial charge >= 0.3 is 0 Å². The maximum atomic E-state index is 12.9. The van der Waals surface area contributed by atoms with Crippen LogP contribution in [-0.2, 0) is 6.42 Å². The van der Waals surface area contributed by atoms with E-state index in [-0.39, 0.29) is 11.8 Å². The lowest BCUT2D eigenvalue weighted by Gasteiger charge is -2.19. The molecule has 0 aliphatic carbocycles. The van der Waals surface area contributed by atoms with E-state index in [1.807, 2.05) is 41.4 Å². The monoisotopic (exact) mass is 362 g/mol. The minimum Gasteiger partial charge on any atom is -0.338 e. The third kappa shape index (κ3) is 3.22. The lowest BCUT2D eigenvalue weighted by atomic mass is 10.1. The zero-order chi connectivity index (χ0) is 19.0. The predicted molar refractivity (Wildman–Crippen MR) is 107 cm³/mol. The molecule has 5 nitrogen and oxygen atoms in total. The number of rotatable bonds is 4. The van der Waals surface area contributed by atoms with Crippen LogP contribution in [0.4, 0.5) is 0 Å². The van der Waals surface area contributed by atoms with Crippen molar-refractivity contribution in [1.82, 2.24) is 19.4 Å². The molecule has 0 spiro atoms. The smallest absolute Gasteiger partial charge is 0.253 e. The lowest BCUT2D eigenvalue weighted by Crippen LogP contribution is -2.28. The molecule has 0 N–H and O–H groups in total. The molecule has 0 saturated carbocycles. The highest BCUT2D eigenvalue weighted by atomic mass is 16.2. The zero-order valence-electron chi connectivity index (χ0n) is 16.2. The number of aryl methyl sites for hydroxylation is 1. The van der Waals surface area contributed by atoms with Gasteiger partial charge in [-0.25, -0.2) is 4.98 Å². The molecule has 1 aliphatic heterocycles. The van der Waals surface area contributed by atoms with Gasteiger partial charge in [0, 0.05) is 36.8 Å². The second-order valence-electron chi connectivity index (χ2n) is 7.59. The molecule has 1 amide bonds. The summed E-state index contributed by atoms with van der Waals surface area (Å²) in [5, 5.41) is 0. The maximum Gasteiger partial charge on any atom is 0.253 e. The molecule has 1 saturated heterocycles. The van der Waals surface area contributed by atoms with E-state index in [2.05, 4.69) is 30.3 Å². The van der Waals surface area contributed by atoms with Crippen molar-refractivity contribution in [3.8, 4) is 0 Å². The van der Waals surface area contributed by atoms with Gasteiger partial charge in [0.2, 0.25) is 0 Å². The van der Waals surface area contributed by atoms with E-state index < -0.39 is 0 Å². The Morgan fingerprint density at radius 3 is 2.70 bits per heavy atom. The molecule has 2 aromatic heterocycles. The van der Waals surface area contributed by atoms with Crippen molar-refractivity contribution in [2.75, 3.05) is 13.1 Å². The third-order valence-corrected chi connectivity index (χ3v) is 5.49. The van der Waals surface area contributed by atoms with Gasteiger partial charge in [-0.15, -0.1) is 0 Å². The Hall–Kier alpha value is -2.69. The van der Waals surface area contributed by atoms with Crippen LogP contribution in [0.5, 0.6) is 0 Å². The molecule has 0 radical (unpaired) electrons. The van der Waals surface area contributed by atoms with Gasteiger partial charge in [-0.05, 0) is 50.5 Å². The fourth-order valence-corrected chi connectivity index (χ4v) is 4.01. The molecule has 3 heterocycles. The van der Waals surface area contributed by atoms with Gasteiger partial charge in [-0.1, -0.05) is 19.1 Å². The first-order valence-corrected chi connectivity index (χ1v) is 9.78. The number of pyridine rings is 1. The second kappa shape index (κ2) is 7.14. The Kier molecular flexibility index (Phi) is 4.68. The van der Waals surface area contributed by atoms with E-state index in [0.29, 0.717) is 6.04 Å². The number of imidazole rings is 1. The first-order chi connectivity index (χ1) is 13.1. The number of carbonyl (C=O) groups excluding carboxylic acids is 1. The maximum absolute atomic E-state index is 12.9. The molecular weight excluding hydrogens is 336 g/mol.